The maximum Gasteiger partial charge on any atom is 0.331 e. The van der Waals surface area contributed by atoms with Crippen LogP contribution in [0.1, 0.15) is 15.2 Å². The molecule has 0 aliphatic heterocycles. The van der Waals surface area contributed by atoms with Crippen LogP contribution in [0.3, 0.4) is 0 Å². The van der Waals surface area contributed by atoms with Crippen LogP contribution in [0, 0.1) is 10.1 Å². The third-order valence-electron chi connectivity index (χ3n) is 2.73. The largest absolute Gasteiger partial charge is 0.454 e. The van der Waals surface area contributed by atoms with E-state index in [1.54, 1.807) is 18.2 Å². The molecule has 118 valence electrons. The number of ether oxygens (including phenoxy) is 1. The Morgan fingerprint density at radius 1 is 1.26 bits per heavy atom. The number of nitrogens with zero attached hydrogens (tertiary/aromatic N) is 1. The highest BCUT2D eigenvalue weighted by Crippen LogP contribution is 2.22. The van der Waals surface area contributed by atoms with Crippen LogP contribution in [-0.4, -0.2) is 23.3 Å². The normalized spacial score (nSPS) is 10.7. The molecule has 0 unspecified atom stereocenters. The molecule has 0 saturated heterocycles. The summed E-state index contributed by atoms with van der Waals surface area (Å²) in [4.78, 5) is 34.2. The number of halogens is 1. The van der Waals surface area contributed by atoms with Gasteiger partial charge >= 0.3 is 5.97 Å². The number of hydrogen-bond acceptors (Lipinski definition) is 6. The number of rotatable bonds is 6. The van der Waals surface area contributed by atoms with Gasteiger partial charge in [-0.15, -0.1) is 11.3 Å². The summed E-state index contributed by atoms with van der Waals surface area (Å²) in [6.45, 7) is -0.382. The fraction of sp³-hybridized carbons (Fsp3) is 0.0667. The molecule has 8 heteroatoms. The van der Waals surface area contributed by atoms with Gasteiger partial charge in [0.2, 0.25) is 5.78 Å². The van der Waals surface area contributed by atoms with Gasteiger partial charge in [-0.2, -0.15) is 0 Å². The molecule has 1 aromatic carbocycles. The Morgan fingerprint density at radius 2 is 2.00 bits per heavy atom. The molecule has 2 rings (SSSR count). The first-order valence-corrected chi connectivity index (χ1v) is 7.95. The van der Waals surface area contributed by atoms with E-state index >= 15 is 0 Å². The summed E-state index contributed by atoms with van der Waals surface area (Å²) >= 11 is 4.49. The van der Waals surface area contributed by atoms with Gasteiger partial charge in [-0.3, -0.25) is 14.9 Å². The summed E-state index contributed by atoms with van der Waals surface area (Å²) in [5.74, 6) is -1.06. The molecule has 0 atom stereocenters. The van der Waals surface area contributed by atoms with E-state index in [4.69, 9.17) is 4.74 Å². The Balaban J connectivity index is 1.95. The highest BCUT2D eigenvalue weighted by molar-refractivity contribution is 9.11. The van der Waals surface area contributed by atoms with E-state index in [0.29, 0.717) is 4.88 Å². The Kier molecular flexibility index (Phi) is 5.78. The van der Waals surface area contributed by atoms with Crippen molar-refractivity contribution in [3.63, 3.8) is 0 Å². The molecular formula is C15H10BrNO5S. The maximum absolute atomic E-state index is 11.8. The Morgan fingerprint density at radius 3 is 2.65 bits per heavy atom. The number of para-hydroxylation sites is 1. The van der Waals surface area contributed by atoms with Crippen LogP contribution in [0.5, 0.6) is 0 Å². The zero-order chi connectivity index (χ0) is 16.8. The number of Topliss-reactive ketones (excluding diaryl/α,β-unsaturated/α-hetero) is 1. The molecule has 0 bridgehead atoms. The first-order chi connectivity index (χ1) is 11.0. The zero-order valence-electron chi connectivity index (χ0n) is 11.6. The fourth-order valence-corrected chi connectivity index (χ4v) is 2.98. The van der Waals surface area contributed by atoms with E-state index in [9.17, 15) is 19.7 Å². The van der Waals surface area contributed by atoms with Gasteiger partial charge in [-0.1, -0.05) is 12.1 Å². The fourth-order valence-electron chi connectivity index (χ4n) is 1.67. The van der Waals surface area contributed by atoms with Crippen molar-refractivity contribution < 1.29 is 19.2 Å². The van der Waals surface area contributed by atoms with Crippen LogP contribution < -0.4 is 0 Å². The number of nitro benzene ring substituents is 1. The van der Waals surface area contributed by atoms with Crippen molar-refractivity contribution >= 4 is 50.8 Å². The lowest BCUT2D eigenvalue weighted by molar-refractivity contribution is -0.385. The van der Waals surface area contributed by atoms with Gasteiger partial charge in [0.1, 0.15) is 0 Å². The van der Waals surface area contributed by atoms with Gasteiger partial charge in [0.15, 0.2) is 6.61 Å². The monoisotopic (exact) mass is 395 g/mol. The molecule has 23 heavy (non-hydrogen) atoms. The van der Waals surface area contributed by atoms with E-state index in [1.165, 1.54) is 35.6 Å². The highest BCUT2D eigenvalue weighted by atomic mass is 79.9. The quantitative estimate of drug-likeness (QED) is 0.243. The minimum absolute atomic E-state index is 0.115. The van der Waals surface area contributed by atoms with E-state index in [2.05, 4.69) is 15.9 Å². The van der Waals surface area contributed by atoms with Gasteiger partial charge in [-0.25, -0.2) is 4.79 Å². The summed E-state index contributed by atoms with van der Waals surface area (Å²) in [6, 6.07) is 9.36. The number of esters is 1. The zero-order valence-corrected chi connectivity index (χ0v) is 14.0. The van der Waals surface area contributed by atoms with Crippen molar-refractivity contribution in [2.45, 2.75) is 0 Å². The molecule has 0 fully saturated rings. The lowest BCUT2D eigenvalue weighted by Crippen LogP contribution is -2.11. The lowest BCUT2D eigenvalue weighted by Gasteiger charge is -2.00. The topological polar surface area (TPSA) is 86.5 Å². The molecule has 0 aliphatic carbocycles. The summed E-state index contributed by atoms with van der Waals surface area (Å²) < 4.78 is 5.64. The van der Waals surface area contributed by atoms with E-state index in [1.807, 2.05) is 0 Å². The standard InChI is InChI=1S/C15H10BrNO5S/c16-14-7-6-13(23-14)12(18)9-22-15(19)8-5-10-3-1-2-4-11(10)17(20)21/h1-8H,9H2. The second-order valence-electron chi connectivity index (χ2n) is 4.28. The van der Waals surface area contributed by atoms with Crippen LogP contribution in [0.15, 0.2) is 46.3 Å². The molecule has 0 aliphatic rings. The first kappa shape index (κ1) is 17.0. The average molecular weight is 396 g/mol. The number of thiophene rings is 1. The minimum atomic E-state index is -0.743. The van der Waals surface area contributed by atoms with Gasteiger partial charge in [0.05, 0.1) is 19.2 Å². The Hall–Kier alpha value is -2.32. The molecule has 0 N–H and O–H groups in total. The number of carbonyl (C=O) groups is 2. The molecule has 0 amide bonds. The first-order valence-electron chi connectivity index (χ1n) is 6.34. The molecule has 2 aromatic rings. The predicted octanol–water partition coefficient (Wildman–Crippen LogP) is 3.86. The van der Waals surface area contributed by atoms with Crippen LogP contribution in [0.2, 0.25) is 0 Å². The molecule has 0 spiro atoms. The van der Waals surface area contributed by atoms with Crippen molar-refractivity contribution in [3.8, 4) is 0 Å². The molecular weight excluding hydrogens is 386 g/mol. The summed E-state index contributed by atoms with van der Waals surface area (Å²) in [7, 11) is 0. The summed E-state index contributed by atoms with van der Waals surface area (Å²) in [5.41, 5.74) is 0.166. The van der Waals surface area contributed by atoms with Crippen molar-refractivity contribution in [1.29, 1.82) is 0 Å². The smallest absolute Gasteiger partial charge is 0.331 e. The number of carbonyl (C=O) groups excluding carboxylic acids is 2. The number of hydrogen-bond donors (Lipinski definition) is 0. The third-order valence-corrected chi connectivity index (χ3v) is 4.39. The second-order valence-corrected chi connectivity index (χ2v) is 6.75. The Bertz CT molecular complexity index is 784. The summed E-state index contributed by atoms with van der Waals surface area (Å²) in [6.07, 6.45) is 2.34. The molecule has 1 aromatic heterocycles. The van der Waals surface area contributed by atoms with Gasteiger partial charge < -0.3 is 4.74 Å². The van der Waals surface area contributed by atoms with Gasteiger partial charge in [0.25, 0.3) is 5.69 Å². The van der Waals surface area contributed by atoms with E-state index in [0.717, 1.165) is 9.86 Å². The molecule has 1 heterocycles. The van der Waals surface area contributed by atoms with E-state index < -0.39 is 10.9 Å². The van der Waals surface area contributed by atoms with Crippen LogP contribution >= 0.6 is 27.3 Å². The third kappa shape index (κ3) is 4.83. The van der Waals surface area contributed by atoms with Crippen LogP contribution in [-0.2, 0) is 9.53 Å². The van der Waals surface area contributed by atoms with Gasteiger partial charge in [-0.05, 0) is 40.2 Å². The lowest BCUT2D eigenvalue weighted by atomic mass is 10.1. The number of benzene rings is 1. The summed E-state index contributed by atoms with van der Waals surface area (Å²) in [5, 5.41) is 10.8. The van der Waals surface area contributed by atoms with Gasteiger partial charge in [0, 0.05) is 12.1 Å². The molecule has 0 radical (unpaired) electrons. The SMILES string of the molecule is O=C(C=Cc1ccccc1[N+](=O)[O-])OCC(=O)c1ccc(Br)s1. The highest BCUT2D eigenvalue weighted by Gasteiger charge is 2.12. The number of nitro groups is 1. The van der Waals surface area contributed by atoms with Crippen molar-refractivity contribution in [1.82, 2.24) is 0 Å². The number of ketones is 1. The van der Waals surface area contributed by atoms with Crippen molar-refractivity contribution in [2.75, 3.05) is 6.61 Å². The van der Waals surface area contributed by atoms with Crippen molar-refractivity contribution in [2.24, 2.45) is 0 Å². The predicted molar refractivity (Wildman–Crippen MR) is 89.4 cm³/mol. The second kappa shape index (κ2) is 7.80. The minimum Gasteiger partial charge on any atom is -0.454 e. The maximum atomic E-state index is 11.8. The van der Waals surface area contributed by atoms with Crippen LogP contribution in [0.4, 0.5) is 5.69 Å². The van der Waals surface area contributed by atoms with Crippen LogP contribution in [0.25, 0.3) is 6.08 Å². The Labute approximate surface area is 143 Å². The average Bonchev–Trinajstić information content (AvgIpc) is 2.97. The van der Waals surface area contributed by atoms with Crippen molar-refractivity contribution in [3.05, 3.63) is 66.8 Å². The molecule has 6 nitrogen and oxygen atoms in total. The molecule has 0 saturated carbocycles. The van der Waals surface area contributed by atoms with E-state index in [-0.39, 0.29) is 23.6 Å².